The molecule has 0 bridgehead atoms. The molecule has 78 valence electrons. The zero-order valence-corrected chi connectivity index (χ0v) is 9.08. The Morgan fingerprint density at radius 2 is 2.33 bits per heavy atom. The first-order valence-electron chi connectivity index (χ1n) is 4.47. The van der Waals surface area contributed by atoms with Crippen LogP contribution >= 0.6 is 11.3 Å². The van der Waals surface area contributed by atoms with Crippen LogP contribution in [0.5, 0.6) is 0 Å². The fourth-order valence-electron chi connectivity index (χ4n) is 1.14. The molecule has 3 N–H and O–H groups in total. The Balaban J connectivity index is 1.99. The average molecular weight is 221 g/mol. The molecule has 0 saturated carbocycles. The van der Waals surface area contributed by atoms with Gasteiger partial charge in [0, 0.05) is 11.6 Å². The molecule has 0 aliphatic heterocycles. The number of rotatable bonds is 3. The smallest absolute Gasteiger partial charge is 0.221 e. The van der Waals surface area contributed by atoms with Gasteiger partial charge in [-0.15, -0.1) is 11.3 Å². The largest absolute Gasteiger partial charge is 0.368 e. The molecule has 2 rings (SSSR count). The number of hydrogen-bond acceptors (Lipinski definition) is 6. The van der Waals surface area contributed by atoms with E-state index in [0.717, 1.165) is 10.7 Å². The first-order valence-corrected chi connectivity index (χ1v) is 5.35. The van der Waals surface area contributed by atoms with E-state index in [4.69, 9.17) is 5.73 Å². The minimum atomic E-state index is 0.273. The number of nitrogens with zero attached hydrogens (tertiary/aromatic N) is 3. The van der Waals surface area contributed by atoms with E-state index in [-0.39, 0.29) is 5.95 Å². The number of aromatic nitrogens is 3. The highest BCUT2D eigenvalue weighted by Crippen LogP contribution is 2.10. The Morgan fingerprint density at radius 3 is 3.00 bits per heavy atom. The molecule has 0 unspecified atom stereocenters. The normalized spacial score (nSPS) is 10.2. The molecule has 6 heteroatoms. The van der Waals surface area contributed by atoms with Crippen molar-refractivity contribution in [3.05, 3.63) is 28.3 Å². The Hall–Kier alpha value is -1.69. The van der Waals surface area contributed by atoms with Gasteiger partial charge >= 0.3 is 0 Å². The minimum Gasteiger partial charge on any atom is -0.368 e. The predicted molar refractivity (Wildman–Crippen MR) is 60.6 cm³/mol. The van der Waals surface area contributed by atoms with Gasteiger partial charge in [0.15, 0.2) is 0 Å². The second-order valence-corrected chi connectivity index (χ2v) is 4.07. The first kappa shape index (κ1) is 9.85. The van der Waals surface area contributed by atoms with Crippen LogP contribution in [0.25, 0.3) is 0 Å². The maximum absolute atomic E-state index is 5.46. The number of hydrogen-bond donors (Lipinski definition) is 2. The van der Waals surface area contributed by atoms with Crippen LogP contribution < -0.4 is 11.1 Å². The number of aryl methyl sites for hydroxylation is 1. The summed E-state index contributed by atoms with van der Waals surface area (Å²) in [6.45, 7) is 2.64. The molecule has 2 heterocycles. The van der Waals surface area contributed by atoms with Gasteiger partial charge in [0.2, 0.25) is 5.95 Å². The maximum Gasteiger partial charge on any atom is 0.221 e. The maximum atomic E-state index is 5.46. The van der Waals surface area contributed by atoms with Gasteiger partial charge in [-0.2, -0.15) is 4.98 Å². The molecule has 2 aromatic heterocycles. The van der Waals surface area contributed by atoms with Crippen LogP contribution in [-0.2, 0) is 6.54 Å². The van der Waals surface area contributed by atoms with Crippen LogP contribution in [0.1, 0.15) is 10.7 Å². The molecule has 0 atom stereocenters. The van der Waals surface area contributed by atoms with Gasteiger partial charge < -0.3 is 11.1 Å². The summed E-state index contributed by atoms with van der Waals surface area (Å²) in [5, 5.41) is 6.21. The summed E-state index contributed by atoms with van der Waals surface area (Å²) in [6.07, 6.45) is 1.62. The topological polar surface area (TPSA) is 76.7 Å². The highest BCUT2D eigenvalue weighted by molar-refractivity contribution is 7.09. The summed E-state index contributed by atoms with van der Waals surface area (Å²) >= 11 is 1.63. The average Bonchev–Trinajstić information content (AvgIpc) is 2.62. The molecule has 0 radical (unpaired) electrons. The summed E-state index contributed by atoms with van der Waals surface area (Å²) in [5.74, 6) is 0.989. The molecule has 0 aliphatic carbocycles. The summed E-state index contributed by atoms with van der Waals surface area (Å²) in [4.78, 5) is 12.2. The van der Waals surface area contributed by atoms with E-state index in [9.17, 15) is 0 Å². The highest BCUT2D eigenvalue weighted by atomic mass is 32.1. The fourth-order valence-corrected chi connectivity index (χ4v) is 1.76. The predicted octanol–water partition coefficient (Wildman–Crippen LogP) is 1.44. The minimum absolute atomic E-state index is 0.273. The van der Waals surface area contributed by atoms with Crippen molar-refractivity contribution in [1.82, 2.24) is 15.0 Å². The monoisotopic (exact) mass is 221 g/mol. The van der Waals surface area contributed by atoms with Gasteiger partial charge in [0.25, 0.3) is 0 Å². The third-order valence-electron chi connectivity index (χ3n) is 1.79. The Kier molecular flexibility index (Phi) is 2.77. The second kappa shape index (κ2) is 4.22. The molecule has 15 heavy (non-hydrogen) atoms. The number of nitrogen functional groups attached to an aromatic ring is 1. The molecular weight excluding hydrogens is 210 g/mol. The van der Waals surface area contributed by atoms with Crippen molar-refractivity contribution in [3.8, 4) is 0 Å². The Morgan fingerprint density at radius 1 is 1.47 bits per heavy atom. The van der Waals surface area contributed by atoms with Gasteiger partial charge in [0.05, 0.1) is 17.2 Å². The van der Waals surface area contributed by atoms with Gasteiger partial charge in [-0.05, 0) is 13.0 Å². The third kappa shape index (κ3) is 2.63. The van der Waals surface area contributed by atoms with Crippen LogP contribution in [0.15, 0.2) is 17.6 Å². The van der Waals surface area contributed by atoms with Crippen LogP contribution in [-0.4, -0.2) is 15.0 Å². The molecule has 0 fully saturated rings. The number of anilines is 2. The molecule has 0 spiro atoms. The zero-order chi connectivity index (χ0) is 10.7. The van der Waals surface area contributed by atoms with Gasteiger partial charge in [-0.3, -0.25) is 0 Å². The lowest BCUT2D eigenvalue weighted by molar-refractivity contribution is 1.03. The van der Waals surface area contributed by atoms with E-state index < -0.39 is 0 Å². The molecule has 0 amide bonds. The molecule has 0 aromatic carbocycles. The second-order valence-electron chi connectivity index (χ2n) is 3.01. The standard InChI is InChI=1S/C9H11N5S/c1-6-13-7(5-15-6)4-12-8-2-3-11-9(10)14-8/h2-3,5H,4H2,1H3,(H3,10,11,12,14). The van der Waals surface area contributed by atoms with Crippen molar-refractivity contribution in [1.29, 1.82) is 0 Å². The summed E-state index contributed by atoms with van der Waals surface area (Å²) in [5.41, 5.74) is 6.46. The van der Waals surface area contributed by atoms with Crippen LogP contribution in [0.2, 0.25) is 0 Å². The van der Waals surface area contributed by atoms with Crippen molar-refractivity contribution in [3.63, 3.8) is 0 Å². The molecular formula is C9H11N5S. The van der Waals surface area contributed by atoms with E-state index in [0.29, 0.717) is 12.4 Å². The van der Waals surface area contributed by atoms with Crippen molar-refractivity contribution in [2.45, 2.75) is 13.5 Å². The van der Waals surface area contributed by atoms with E-state index >= 15 is 0 Å². The van der Waals surface area contributed by atoms with Gasteiger partial charge in [-0.25, -0.2) is 9.97 Å². The molecule has 0 aliphatic rings. The van der Waals surface area contributed by atoms with E-state index in [1.165, 1.54) is 0 Å². The molecule has 0 saturated heterocycles. The summed E-state index contributed by atoms with van der Waals surface area (Å²) in [6, 6.07) is 1.77. The van der Waals surface area contributed by atoms with Crippen molar-refractivity contribution >= 4 is 23.1 Å². The Bertz CT molecular complexity index is 453. The highest BCUT2D eigenvalue weighted by Gasteiger charge is 1.99. The SMILES string of the molecule is Cc1nc(CNc2ccnc(N)n2)cs1. The van der Waals surface area contributed by atoms with Crippen LogP contribution in [0, 0.1) is 6.92 Å². The van der Waals surface area contributed by atoms with Gasteiger partial charge in [-0.1, -0.05) is 0 Å². The molecule has 5 nitrogen and oxygen atoms in total. The van der Waals surface area contributed by atoms with Crippen LogP contribution in [0.4, 0.5) is 11.8 Å². The Labute approximate surface area is 91.4 Å². The lowest BCUT2D eigenvalue weighted by Gasteiger charge is -2.02. The third-order valence-corrected chi connectivity index (χ3v) is 2.61. The summed E-state index contributed by atoms with van der Waals surface area (Å²) in [7, 11) is 0. The summed E-state index contributed by atoms with van der Waals surface area (Å²) < 4.78 is 0. The zero-order valence-electron chi connectivity index (χ0n) is 8.27. The van der Waals surface area contributed by atoms with Crippen LogP contribution in [0.3, 0.4) is 0 Å². The van der Waals surface area contributed by atoms with Crippen molar-refractivity contribution < 1.29 is 0 Å². The van der Waals surface area contributed by atoms with Crippen molar-refractivity contribution in [2.75, 3.05) is 11.1 Å². The fraction of sp³-hybridized carbons (Fsp3) is 0.222. The number of nitrogens with one attached hydrogen (secondary N) is 1. The first-order chi connectivity index (χ1) is 7.24. The van der Waals surface area contributed by atoms with E-state index in [1.807, 2.05) is 12.3 Å². The lowest BCUT2D eigenvalue weighted by atomic mass is 10.4. The van der Waals surface area contributed by atoms with Crippen molar-refractivity contribution in [2.24, 2.45) is 0 Å². The van der Waals surface area contributed by atoms with E-state index in [1.54, 1.807) is 23.6 Å². The van der Waals surface area contributed by atoms with Gasteiger partial charge in [0.1, 0.15) is 5.82 Å². The number of thiazole rings is 1. The van der Waals surface area contributed by atoms with E-state index in [2.05, 4.69) is 20.3 Å². The number of nitrogens with two attached hydrogens (primary N) is 1. The lowest BCUT2D eigenvalue weighted by Crippen LogP contribution is -2.03. The quantitative estimate of drug-likeness (QED) is 0.820. The molecule has 2 aromatic rings.